The fraction of sp³-hybridized carbons (Fsp3) is 0.188. The highest BCUT2D eigenvalue weighted by Gasteiger charge is 2.23. The third-order valence-electron chi connectivity index (χ3n) is 3.67. The molecule has 1 amide bonds. The van der Waals surface area contributed by atoms with Gasteiger partial charge in [-0.05, 0) is 12.3 Å². The maximum Gasteiger partial charge on any atom is 0.231 e. The summed E-state index contributed by atoms with van der Waals surface area (Å²) in [5.41, 5.74) is 2.43. The molecule has 0 atom stereocenters. The summed E-state index contributed by atoms with van der Waals surface area (Å²) in [6, 6.07) is 3.69. The van der Waals surface area contributed by atoms with Gasteiger partial charge >= 0.3 is 0 Å². The van der Waals surface area contributed by atoms with Crippen LogP contribution in [0.5, 0.6) is 11.5 Å². The fourth-order valence-electron chi connectivity index (χ4n) is 2.64. The number of carbonyl (C=O) groups excluding carboxylic acids is 1. The summed E-state index contributed by atoms with van der Waals surface area (Å²) in [4.78, 5) is 23.3. The Morgan fingerprint density at radius 2 is 2.25 bits per heavy atom. The van der Waals surface area contributed by atoms with Gasteiger partial charge in [-0.1, -0.05) is 0 Å². The number of rotatable bonds is 3. The molecule has 2 N–H and O–H groups in total. The number of aromatic nitrogens is 3. The van der Waals surface area contributed by atoms with E-state index in [2.05, 4.69) is 20.3 Å². The molecule has 4 heterocycles. The molecule has 0 radical (unpaired) electrons. The minimum Gasteiger partial charge on any atom is -0.453 e. The van der Waals surface area contributed by atoms with Crippen molar-refractivity contribution in [2.75, 3.05) is 18.4 Å². The van der Waals surface area contributed by atoms with Crippen LogP contribution in [0.15, 0.2) is 29.6 Å². The van der Waals surface area contributed by atoms with Gasteiger partial charge in [0.25, 0.3) is 0 Å². The van der Waals surface area contributed by atoms with E-state index in [0.29, 0.717) is 23.0 Å². The Kier molecular flexibility index (Phi) is 3.53. The topological polar surface area (TPSA) is 89.1 Å². The van der Waals surface area contributed by atoms with Crippen molar-refractivity contribution in [1.82, 2.24) is 15.0 Å². The average molecular weight is 342 g/mol. The summed E-state index contributed by atoms with van der Waals surface area (Å²) < 4.78 is 11.1. The van der Waals surface area contributed by atoms with Crippen LogP contribution in [0.25, 0.3) is 22.2 Å². The second-order valence-electron chi connectivity index (χ2n) is 5.25. The van der Waals surface area contributed by atoms with Crippen molar-refractivity contribution in [3.63, 3.8) is 0 Å². The number of carbonyl (C=O) groups is 1. The number of hydrogen-bond acceptors (Lipinski definition) is 6. The van der Waals surface area contributed by atoms with Crippen molar-refractivity contribution in [3.05, 3.63) is 24.5 Å². The predicted molar refractivity (Wildman–Crippen MR) is 91.5 cm³/mol. The molecule has 7 nitrogen and oxygen atoms in total. The number of anilines is 1. The Morgan fingerprint density at radius 1 is 1.38 bits per heavy atom. The standard InChI is InChI=1S/C16H14N4O3S/c1-8(21)19-13-3-9-10(5-17-11(9)6-18-13)15-16-12(22-7-23-16)4-14(20-15)24-2/h3-6,17H,7H2,1-2H3,(H,18,19,21). The van der Waals surface area contributed by atoms with Crippen molar-refractivity contribution in [2.24, 2.45) is 0 Å². The van der Waals surface area contributed by atoms with Crippen LogP contribution in [0.4, 0.5) is 5.82 Å². The Bertz CT molecular complexity index is 954. The first kappa shape index (κ1) is 14.8. The van der Waals surface area contributed by atoms with Crippen LogP contribution in [0.3, 0.4) is 0 Å². The fourth-order valence-corrected chi connectivity index (χ4v) is 3.05. The molecule has 0 fully saturated rings. The predicted octanol–water partition coefficient (Wildman–Crippen LogP) is 3.03. The molecule has 0 spiro atoms. The van der Waals surface area contributed by atoms with Crippen molar-refractivity contribution < 1.29 is 14.3 Å². The number of H-pyrrole nitrogens is 1. The van der Waals surface area contributed by atoms with E-state index in [-0.39, 0.29) is 12.7 Å². The van der Waals surface area contributed by atoms with E-state index in [4.69, 9.17) is 9.47 Å². The molecule has 3 aromatic rings. The van der Waals surface area contributed by atoms with Gasteiger partial charge in [0.2, 0.25) is 12.7 Å². The highest BCUT2D eigenvalue weighted by Crippen LogP contribution is 2.44. The summed E-state index contributed by atoms with van der Waals surface area (Å²) >= 11 is 1.54. The third kappa shape index (κ3) is 2.44. The van der Waals surface area contributed by atoms with Crippen LogP contribution in [0.2, 0.25) is 0 Å². The van der Waals surface area contributed by atoms with Gasteiger partial charge in [-0.15, -0.1) is 11.8 Å². The maximum atomic E-state index is 11.3. The van der Waals surface area contributed by atoms with Crippen LogP contribution in [-0.4, -0.2) is 33.9 Å². The van der Waals surface area contributed by atoms with Crippen LogP contribution in [0, 0.1) is 0 Å². The SMILES string of the molecule is CSc1cc2c(c(-c3c[nH]c4cnc(NC(C)=O)cc34)n1)OCO2. The Balaban J connectivity index is 1.90. The van der Waals surface area contributed by atoms with E-state index in [1.165, 1.54) is 18.7 Å². The molecule has 0 aliphatic carbocycles. The van der Waals surface area contributed by atoms with Gasteiger partial charge < -0.3 is 19.8 Å². The zero-order valence-electron chi connectivity index (χ0n) is 13.0. The van der Waals surface area contributed by atoms with Crippen molar-refractivity contribution >= 4 is 34.4 Å². The minimum absolute atomic E-state index is 0.168. The molecular formula is C16H14N4O3S. The molecule has 24 heavy (non-hydrogen) atoms. The first-order valence-corrected chi connectivity index (χ1v) is 8.48. The minimum atomic E-state index is -0.168. The van der Waals surface area contributed by atoms with Crippen molar-refractivity contribution in [3.8, 4) is 22.8 Å². The maximum absolute atomic E-state index is 11.3. The monoisotopic (exact) mass is 342 g/mol. The molecule has 4 rings (SSSR count). The smallest absolute Gasteiger partial charge is 0.231 e. The number of aromatic amines is 1. The normalized spacial score (nSPS) is 12.6. The summed E-state index contributed by atoms with van der Waals surface area (Å²) in [5.74, 6) is 1.64. The van der Waals surface area contributed by atoms with Gasteiger partial charge in [0.1, 0.15) is 16.5 Å². The molecule has 1 aliphatic rings. The zero-order valence-corrected chi connectivity index (χ0v) is 13.9. The zero-order chi connectivity index (χ0) is 16.7. The van der Waals surface area contributed by atoms with Gasteiger partial charge in [-0.2, -0.15) is 0 Å². The lowest BCUT2D eigenvalue weighted by atomic mass is 10.1. The Hall–Kier alpha value is -2.74. The molecular weight excluding hydrogens is 328 g/mol. The van der Waals surface area contributed by atoms with Gasteiger partial charge in [-0.25, -0.2) is 9.97 Å². The average Bonchev–Trinajstić information content (AvgIpc) is 3.19. The Morgan fingerprint density at radius 3 is 3.04 bits per heavy atom. The number of fused-ring (bicyclic) bond motifs is 2. The van der Waals surface area contributed by atoms with Crippen LogP contribution in [-0.2, 0) is 4.79 Å². The molecule has 3 aromatic heterocycles. The lowest BCUT2D eigenvalue weighted by Gasteiger charge is -2.07. The van der Waals surface area contributed by atoms with E-state index >= 15 is 0 Å². The van der Waals surface area contributed by atoms with Gasteiger partial charge in [0.15, 0.2) is 11.5 Å². The number of amides is 1. The number of thioether (sulfide) groups is 1. The highest BCUT2D eigenvalue weighted by molar-refractivity contribution is 7.98. The molecule has 0 bridgehead atoms. The van der Waals surface area contributed by atoms with Gasteiger partial charge in [-0.3, -0.25) is 4.79 Å². The largest absolute Gasteiger partial charge is 0.453 e. The molecule has 0 aromatic carbocycles. The molecule has 1 aliphatic heterocycles. The van der Waals surface area contributed by atoms with E-state index in [1.54, 1.807) is 6.20 Å². The number of pyridine rings is 2. The van der Waals surface area contributed by atoms with E-state index in [0.717, 1.165) is 21.5 Å². The molecule has 8 heteroatoms. The number of nitrogens with one attached hydrogen (secondary N) is 2. The van der Waals surface area contributed by atoms with Gasteiger partial charge in [0, 0.05) is 30.1 Å². The molecule has 0 saturated carbocycles. The third-order valence-corrected chi connectivity index (χ3v) is 4.30. The van der Waals surface area contributed by atoms with Crippen molar-refractivity contribution in [2.45, 2.75) is 11.9 Å². The van der Waals surface area contributed by atoms with Crippen LogP contribution >= 0.6 is 11.8 Å². The first-order chi connectivity index (χ1) is 11.7. The van der Waals surface area contributed by atoms with E-state index in [9.17, 15) is 4.79 Å². The number of nitrogens with zero attached hydrogens (tertiary/aromatic N) is 2. The molecule has 0 saturated heterocycles. The number of hydrogen-bond donors (Lipinski definition) is 2. The summed E-state index contributed by atoms with van der Waals surface area (Å²) in [5, 5.41) is 4.44. The quantitative estimate of drug-likeness (QED) is 0.711. The first-order valence-electron chi connectivity index (χ1n) is 7.25. The summed E-state index contributed by atoms with van der Waals surface area (Å²) in [6.45, 7) is 1.63. The summed E-state index contributed by atoms with van der Waals surface area (Å²) in [6.07, 6.45) is 5.50. The molecule has 122 valence electrons. The van der Waals surface area contributed by atoms with Gasteiger partial charge in [0.05, 0.1) is 11.7 Å². The van der Waals surface area contributed by atoms with E-state index in [1.807, 2.05) is 24.6 Å². The molecule has 0 unspecified atom stereocenters. The highest BCUT2D eigenvalue weighted by atomic mass is 32.2. The summed E-state index contributed by atoms with van der Waals surface area (Å²) in [7, 11) is 0. The van der Waals surface area contributed by atoms with Crippen LogP contribution < -0.4 is 14.8 Å². The lowest BCUT2D eigenvalue weighted by molar-refractivity contribution is -0.114. The van der Waals surface area contributed by atoms with Crippen LogP contribution in [0.1, 0.15) is 6.92 Å². The second-order valence-corrected chi connectivity index (χ2v) is 6.07. The van der Waals surface area contributed by atoms with E-state index < -0.39 is 0 Å². The number of ether oxygens (including phenoxy) is 2. The lowest BCUT2D eigenvalue weighted by Crippen LogP contribution is -2.06. The second kappa shape index (κ2) is 5.72. The van der Waals surface area contributed by atoms with Crippen molar-refractivity contribution in [1.29, 1.82) is 0 Å². The Labute approximate surface area is 141 Å².